The van der Waals surface area contributed by atoms with Gasteiger partial charge in [0, 0.05) is 13.0 Å². The van der Waals surface area contributed by atoms with E-state index in [2.05, 4.69) is 33.0 Å². The molecule has 0 aliphatic rings. The number of nitrogens with two attached hydrogens (primary N) is 1. The average molecular weight is 461 g/mol. The Kier molecular flexibility index (Phi) is 15.4. The first kappa shape index (κ1) is 29.2. The van der Waals surface area contributed by atoms with Gasteiger partial charge in [0.2, 0.25) is 11.8 Å². The minimum absolute atomic E-state index is 0.0352. The molecule has 1 aromatic heterocycles. The van der Waals surface area contributed by atoms with Crippen molar-refractivity contribution >= 4 is 17.9 Å². The number of nitrogens with one attached hydrogen (secondary N) is 3. The Morgan fingerprint density at radius 2 is 1.84 bits per heavy atom. The Hall–Kier alpha value is -2.77. The molecule has 184 valence electrons. The molecule has 0 aliphatic heterocycles. The minimum Gasteiger partial charge on any atom is -0.480 e. The number of aliphatic carboxylic acids is 1. The lowest BCUT2D eigenvalue weighted by Gasteiger charge is -2.16. The molecule has 0 saturated heterocycles. The van der Waals surface area contributed by atoms with Crippen molar-refractivity contribution in [3.63, 3.8) is 0 Å². The summed E-state index contributed by atoms with van der Waals surface area (Å²) in [6.45, 7) is 5.63. The first-order valence-electron chi connectivity index (χ1n) is 10.6. The molecule has 13 heteroatoms. The molecular formula is C19H36N6O7. The number of rotatable bonds is 13. The van der Waals surface area contributed by atoms with Crippen molar-refractivity contribution in [2.45, 2.75) is 77.6 Å². The van der Waals surface area contributed by atoms with E-state index in [0.29, 0.717) is 6.42 Å². The number of aromatic nitrogens is 2. The molecule has 1 heterocycles. The summed E-state index contributed by atoms with van der Waals surface area (Å²) in [6, 6.07) is -3.05. The van der Waals surface area contributed by atoms with Gasteiger partial charge in [0.15, 0.2) is 11.9 Å². The number of urea groups is 1. The van der Waals surface area contributed by atoms with Crippen molar-refractivity contribution in [2.24, 2.45) is 5.73 Å². The van der Waals surface area contributed by atoms with E-state index in [1.54, 1.807) is 0 Å². The third-order valence-corrected chi connectivity index (χ3v) is 4.12. The van der Waals surface area contributed by atoms with Gasteiger partial charge in [0.1, 0.15) is 0 Å². The lowest BCUT2D eigenvalue weighted by molar-refractivity contribution is -0.141. The Morgan fingerprint density at radius 3 is 2.38 bits per heavy atom. The molecule has 0 bridgehead atoms. The van der Waals surface area contributed by atoms with Gasteiger partial charge in [0.25, 0.3) is 0 Å². The number of aliphatic hydroxyl groups is 2. The number of hydrogen-bond donors (Lipinski definition) is 7. The quantitative estimate of drug-likeness (QED) is 0.192. The van der Waals surface area contributed by atoms with E-state index in [4.69, 9.17) is 20.5 Å². The third-order valence-electron chi connectivity index (χ3n) is 4.12. The van der Waals surface area contributed by atoms with Crippen LogP contribution < -0.4 is 21.7 Å². The zero-order chi connectivity index (χ0) is 24.5. The fourth-order valence-corrected chi connectivity index (χ4v) is 2.21. The first-order valence-corrected chi connectivity index (χ1v) is 10.6. The largest absolute Gasteiger partial charge is 0.480 e. The molecule has 3 unspecified atom stereocenters. The molecule has 0 aromatic carbocycles. The van der Waals surface area contributed by atoms with Gasteiger partial charge in [-0.15, -0.1) is 0 Å². The highest BCUT2D eigenvalue weighted by Gasteiger charge is 2.25. The molecule has 32 heavy (non-hydrogen) atoms. The molecule has 0 saturated carbocycles. The van der Waals surface area contributed by atoms with Gasteiger partial charge in [-0.05, 0) is 13.3 Å². The summed E-state index contributed by atoms with van der Waals surface area (Å²) in [7, 11) is 0. The number of amides is 3. The molecule has 0 aliphatic carbocycles. The summed E-state index contributed by atoms with van der Waals surface area (Å²) < 4.78 is 4.78. The minimum atomic E-state index is -1.44. The van der Waals surface area contributed by atoms with Crippen LogP contribution in [0.4, 0.5) is 4.79 Å². The van der Waals surface area contributed by atoms with Crippen LogP contribution >= 0.6 is 0 Å². The summed E-state index contributed by atoms with van der Waals surface area (Å²) in [6.07, 6.45) is 4.24. The number of hydrogen-bond acceptors (Lipinski definition) is 9. The van der Waals surface area contributed by atoms with Crippen molar-refractivity contribution in [1.29, 1.82) is 0 Å². The SMILES string of the molecule is CC(O)C(NC(=O)NCc1nc(C(N)CO)no1)C(=O)O.CCCCCCNC(=O)CC. The Bertz CT molecular complexity index is 683. The molecule has 1 aromatic rings. The number of carbonyl (C=O) groups excluding carboxylic acids is 2. The number of carboxylic acid groups (broad SMARTS) is 1. The van der Waals surface area contributed by atoms with E-state index in [1.165, 1.54) is 26.2 Å². The van der Waals surface area contributed by atoms with Gasteiger partial charge in [-0.1, -0.05) is 38.3 Å². The summed E-state index contributed by atoms with van der Waals surface area (Å²) >= 11 is 0. The molecule has 3 amide bonds. The van der Waals surface area contributed by atoms with E-state index in [1.807, 2.05) is 6.92 Å². The number of carboxylic acids is 1. The van der Waals surface area contributed by atoms with Crippen LogP contribution in [0.25, 0.3) is 0 Å². The second-order valence-electron chi connectivity index (χ2n) is 6.98. The summed E-state index contributed by atoms with van der Waals surface area (Å²) in [5.41, 5.74) is 5.47. The number of carbonyl (C=O) groups is 3. The number of nitrogens with zero attached hydrogens (tertiary/aromatic N) is 2. The molecule has 3 atom stereocenters. The molecule has 0 fully saturated rings. The van der Waals surface area contributed by atoms with Crippen LogP contribution in [-0.2, 0) is 16.1 Å². The maximum absolute atomic E-state index is 11.5. The fourth-order valence-electron chi connectivity index (χ4n) is 2.21. The van der Waals surface area contributed by atoms with Gasteiger partial charge >= 0.3 is 12.0 Å². The van der Waals surface area contributed by atoms with Crippen LogP contribution in [0.15, 0.2) is 4.52 Å². The van der Waals surface area contributed by atoms with Crippen LogP contribution in [0, 0.1) is 0 Å². The summed E-state index contributed by atoms with van der Waals surface area (Å²) in [5.74, 6) is -1.08. The van der Waals surface area contributed by atoms with Crippen LogP contribution in [0.2, 0.25) is 0 Å². The topological polar surface area (TPSA) is 213 Å². The van der Waals surface area contributed by atoms with Gasteiger partial charge in [-0.3, -0.25) is 4.79 Å². The van der Waals surface area contributed by atoms with Gasteiger partial charge in [-0.25, -0.2) is 9.59 Å². The molecule has 8 N–H and O–H groups in total. The van der Waals surface area contributed by atoms with E-state index >= 15 is 0 Å². The Morgan fingerprint density at radius 1 is 1.16 bits per heavy atom. The zero-order valence-corrected chi connectivity index (χ0v) is 18.8. The van der Waals surface area contributed by atoms with E-state index in [9.17, 15) is 19.5 Å². The van der Waals surface area contributed by atoms with Crippen molar-refractivity contribution in [1.82, 2.24) is 26.1 Å². The lowest BCUT2D eigenvalue weighted by Crippen LogP contribution is -2.51. The van der Waals surface area contributed by atoms with Crippen LogP contribution in [-0.4, -0.2) is 68.7 Å². The van der Waals surface area contributed by atoms with Crippen molar-refractivity contribution in [3.05, 3.63) is 11.7 Å². The second-order valence-corrected chi connectivity index (χ2v) is 6.98. The maximum Gasteiger partial charge on any atom is 0.328 e. The highest BCUT2D eigenvalue weighted by Crippen LogP contribution is 2.05. The Balaban J connectivity index is 0.000000739. The predicted molar refractivity (Wildman–Crippen MR) is 114 cm³/mol. The summed E-state index contributed by atoms with van der Waals surface area (Å²) in [4.78, 5) is 36.8. The third kappa shape index (κ3) is 12.8. The van der Waals surface area contributed by atoms with Crippen molar-refractivity contribution < 1.29 is 34.2 Å². The standard InChI is InChI=1S/C10H17N5O6.C9H19NO/c1-4(17)7(9(18)19)14-10(20)12-2-6-13-8(15-21-6)5(11)3-16;1-3-5-6-7-8-10-9(11)4-2/h4-5,7,16-17H,2-3,11H2,1H3,(H,18,19)(H2,12,14,20);3-8H2,1-2H3,(H,10,11). The fraction of sp³-hybridized carbons (Fsp3) is 0.737. The lowest BCUT2D eigenvalue weighted by atomic mass is 10.2. The van der Waals surface area contributed by atoms with E-state index in [0.717, 1.165) is 13.0 Å². The second kappa shape index (κ2) is 16.9. The zero-order valence-electron chi connectivity index (χ0n) is 18.8. The van der Waals surface area contributed by atoms with Gasteiger partial charge in [-0.2, -0.15) is 4.98 Å². The van der Waals surface area contributed by atoms with Crippen LogP contribution in [0.5, 0.6) is 0 Å². The number of aliphatic hydroxyl groups excluding tert-OH is 2. The summed E-state index contributed by atoms with van der Waals surface area (Å²) in [5, 5.41) is 37.5. The molecule has 1 rings (SSSR count). The van der Waals surface area contributed by atoms with Gasteiger partial charge in [0.05, 0.1) is 25.3 Å². The highest BCUT2D eigenvalue weighted by molar-refractivity contribution is 5.82. The normalized spacial score (nSPS) is 13.2. The number of unbranched alkanes of at least 4 members (excludes halogenated alkanes) is 3. The maximum atomic E-state index is 11.5. The average Bonchev–Trinajstić information content (AvgIpc) is 3.24. The van der Waals surface area contributed by atoms with Crippen LogP contribution in [0.1, 0.15) is 70.6 Å². The smallest absolute Gasteiger partial charge is 0.328 e. The molecule has 0 radical (unpaired) electrons. The highest BCUT2D eigenvalue weighted by atomic mass is 16.5. The molecular weight excluding hydrogens is 424 g/mol. The predicted octanol–water partition coefficient (Wildman–Crippen LogP) is -0.212. The molecule has 13 nitrogen and oxygen atoms in total. The van der Waals surface area contributed by atoms with Gasteiger partial charge < -0.3 is 41.5 Å². The van der Waals surface area contributed by atoms with Crippen molar-refractivity contribution in [3.8, 4) is 0 Å². The van der Waals surface area contributed by atoms with Crippen molar-refractivity contribution in [2.75, 3.05) is 13.2 Å². The van der Waals surface area contributed by atoms with E-state index < -0.39 is 30.2 Å². The molecule has 0 spiro atoms. The first-order chi connectivity index (χ1) is 15.2. The van der Waals surface area contributed by atoms with Crippen LogP contribution in [0.3, 0.4) is 0 Å². The monoisotopic (exact) mass is 460 g/mol. The van der Waals surface area contributed by atoms with E-state index in [-0.39, 0.29) is 30.8 Å². The Labute approximate surface area is 187 Å².